The molecule has 2 heteroatoms. The van der Waals surface area contributed by atoms with Gasteiger partial charge in [-0.15, -0.1) is 0 Å². The Kier molecular flexibility index (Phi) is 7.69. The lowest BCUT2D eigenvalue weighted by Crippen LogP contribution is -2.01. The molecule has 0 radical (unpaired) electrons. The van der Waals surface area contributed by atoms with Crippen molar-refractivity contribution >= 4 is 5.97 Å². The molecule has 0 bridgehead atoms. The molecule has 0 rings (SSSR count). The molecule has 0 aliphatic rings. The van der Waals surface area contributed by atoms with Crippen LogP contribution in [0.25, 0.3) is 0 Å². The van der Waals surface area contributed by atoms with E-state index in [9.17, 15) is 4.79 Å². The van der Waals surface area contributed by atoms with Crippen LogP contribution in [0.2, 0.25) is 0 Å². The van der Waals surface area contributed by atoms with Crippen molar-refractivity contribution in [3.05, 3.63) is 23.3 Å². The average Bonchev–Trinajstić information content (AvgIpc) is 2.14. The van der Waals surface area contributed by atoms with Crippen molar-refractivity contribution in [2.45, 2.75) is 47.0 Å². The first-order valence-corrected chi connectivity index (χ1v) is 5.50. The van der Waals surface area contributed by atoms with Crippen molar-refractivity contribution in [3.8, 4) is 0 Å². The molecule has 0 spiro atoms. The highest BCUT2D eigenvalue weighted by atomic mass is 16.5. The molecule has 0 aliphatic heterocycles. The molecule has 0 aromatic carbocycles. The van der Waals surface area contributed by atoms with Crippen LogP contribution in [0.5, 0.6) is 0 Å². The Hall–Kier alpha value is -1.05. The SMILES string of the molecule is CCOC(=O)CC=C(C)CCC=C(C)C. The fourth-order valence-corrected chi connectivity index (χ4v) is 1.17. The lowest BCUT2D eigenvalue weighted by atomic mass is 10.1. The second-order valence-electron chi connectivity index (χ2n) is 3.88. The zero-order valence-electron chi connectivity index (χ0n) is 10.3. The first kappa shape index (κ1) is 13.9. The van der Waals surface area contributed by atoms with Crippen molar-refractivity contribution < 1.29 is 9.53 Å². The van der Waals surface area contributed by atoms with Gasteiger partial charge in [0.2, 0.25) is 0 Å². The van der Waals surface area contributed by atoms with Crippen molar-refractivity contribution in [2.75, 3.05) is 6.61 Å². The molecule has 86 valence electrons. The number of rotatable bonds is 6. The van der Waals surface area contributed by atoms with E-state index in [4.69, 9.17) is 4.74 Å². The van der Waals surface area contributed by atoms with E-state index in [0.717, 1.165) is 12.8 Å². The first-order chi connectivity index (χ1) is 7.06. The van der Waals surface area contributed by atoms with Gasteiger partial charge in [0.25, 0.3) is 0 Å². The van der Waals surface area contributed by atoms with Gasteiger partial charge in [-0.25, -0.2) is 0 Å². The maximum absolute atomic E-state index is 11.1. The summed E-state index contributed by atoms with van der Waals surface area (Å²) in [6.45, 7) is 8.53. The molecule has 0 aromatic rings. The van der Waals surface area contributed by atoms with Crippen LogP contribution in [0.3, 0.4) is 0 Å². The standard InChI is InChI=1S/C13H22O2/c1-5-15-13(14)10-9-12(4)8-6-7-11(2)3/h7,9H,5-6,8,10H2,1-4H3. The third kappa shape index (κ3) is 9.26. The van der Waals surface area contributed by atoms with Gasteiger partial charge >= 0.3 is 5.97 Å². The average molecular weight is 210 g/mol. The van der Waals surface area contributed by atoms with Gasteiger partial charge in [-0.1, -0.05) is 23.3 Å². The van der Waals surface area contributed by atoms with Crippen LogP contribution >= 0.6 is 0 Å². The molecule has 0 unspecified atom stereocenters. The summed E-state index contributed by atoms with van der Waals surface area (Å²) in [7, 11) is 0. The highest BCUT2D eigenvalue weighted by molar-refractivity contribution is 5.71. The highest BCUT2D eigenvalue weighted by Gasteiger charge is 1.98. The van der Waals surface area contributed by atoms with Crippen LogP contribution in [-0.2, 0) is 9.53 Å². The number of esters is 1. The lowest BCUT2D eigenvalue weighted by Gasteiger charge is -2.00. The highest BCUT2D eigenvalue weighted by Crippen LogP contribution is 2.07. The Morgan fingerprint density at radius 2 is 1.87 bits per heavy atom. The summed E-state index contributed by atoms with van der Waals surface area (Å²) >= 11 is 0. The maximum atomic E-state index is 11.1. The van der Waals surface area contributed by atoms with E-state index in [2.05, 4.69) is 26.8 Å². The summed E-state index contributed by atoms with van der Waals surface area (Å²) < 4.78 is 4.84. The van der Waals surface area contributed by atoms with Crippen molar-refractivity contribution in [2.24, 2.45) is 0 Å². The van der Waals surface area contributed by atoms with E-state index in [0.29, 0.717) is 13.0 Å². The number of hydrogen-bond donors (Lipinski definition) is 0. The number of carbonyl (C=O) groups excluding carboxylic acids is 1. The molecule has 0 fully saturated rings. The molecule has 15 heavy (non-hydrogen) atoms. The van der Waals surface area contributed by atoms with Gasteiger partial charge in [-0.3, -0.25) is 4.79 Å². The predicted molar refractivity (Wildman–Crippen MR) is 63.7 cm³/mol. The molecule has 0 atom stereocenters. The molecule has 0 saturated heterocycles. The van der Waals surface area contributed by atoms with E-state index < -0.39 is 0 Å². The molecule has 0 amide bonds. The zero-order valence-corrected chi connectivity index (χ0v) is 10.3. The fourth-order valence-electron chi connectivity index (χ4n) is 1.17. The molecular formula is C13H22O2. The number of ether oxygens (including phenoxy) is 1. The molecule has 0 heterocycles. The number of hydrogen-bond acceptors (Lipinski definition) is 2. The van der Waals surface area contributed by atoms with Gasteiger partial charge in [0.15, 0.2) is 0 Å². The van der Waals surface area contributed by atoms with E-state index in [-0.39, 0.29) is 5.97 Å². The summed E-state index contributed by atoms with van der Waals surface area (Å²) in [4.78, 5) is 11.1. The van der Waals surface area contributed by atoms with Gasteiger partial charge in [-0.05, 0) is 40.5 Å². The molecular weight excluding hydrogens is 188 g/mol. The smallest absolute Gasteiger partial charge is 0.309 e. The van der Waals surface area contributed by atoms with Crippen molar-refractivity contribution in [1.29, 1.82) is 0 Å². The summed E-state index contributed by atoms with van der Waals surface area (Å²) in [5, 5.41) is 0. The maximum Gasteiger partial charge on any atom is 0.309 e. The minimum absolute atomic E-state index is 0.140. The Bertz CT molecular complexity index is 245. The van der Waals surface area contributed by atoms with Crippen LogP contribution < -0.4 is 0 Å². The lowest BCUT2D eigenvalue weighted by molar-refractivity contribution is -0.142. The van der Waals surface area contributed by atoms with E-state index >= 15 is 0 Å². The Morgan fingerprint density at radius 1 is 1.20 bits per heavy atom. The Morgan fingerprint density at radius 3 is 2.40 bits per heavy atom. The zero-order chi connectivity index (χ0) is 11.7. The van der Waals surface area contributed by atoms with Crippen LogP contribution in [0, 0.1) is 0 Å². The number of carbonyl (C=O) groups is 1. The second kappa shape index (κ2) is 8.27. The Labute approximate surface area is 93.0 Å². The van der Waals surface area contributed by atoms with Gasteiger partial charge < -0.3 is 4.74 Å². The third-order valence-electron chi connectivity index (χ3n) is 2.01. The van der Waals surface area contributed by atoms with E-state index in [1.165, 1.54) is 11.1 Å². The van der Waals surface area contributed by atoms with E-state index in [1.54, 1.807) is 0 Å². The Balaban J connectivity index is 3.79. The quantitative estimate of drug-likeness (QED) is 0.494. The van der Waals surface area contributed by atoms with Crippen molar-refractivity contribution in [1.82, 2.24) is 0 Å². The van der Waals surface area contributed by atoms with Crippen LogP contribution in [0.1, 0.15) is 47.0 Å². The largest absolute Gasteiger partial charge is 0.466 e. The van der Waals surface area contributed by atoms with Crippen LogP contribution in [0.4, 0.5) is 0 Å². The molecule has 2 nitrogen and oxygen atoms in total. The molecule has 0 aromatic heterocycles. The minimum Gasteiger partial charge on any atom is -0.466 e. The summed E-state index contributed by atoms with van der Waals surface area (Å²) in [5.41, 5.74) is 2.59. The van der Waals surface area contributed by atoms with Gasteiger partial charge in [0.1, 0.15) is 0 Å². The fraction of sp³-hybridized carbons (Fsp3) is 0.615. The van der Waals surface area contributed by atoms with Crippen LogP contribution in [-0.4, -0.2) is 12.6 Å². The van der Waals surface area contributed by atoms with Gasteiger partial charge in [0.05, 0.1) is 13.0 Å². The summed E-state index contributed by atoms with van der Waals surface area (Å²) in [5.74, 6) is -0.140. The topological polar surface area (TPSA) is 26.3 Å². The summed E-state index contributed by atoms with van der Waals surface area (Å²) in [6, 6.07) is 0. The van der Waals surface area contributed by atoms with Gasteiger partial charge in [0, 0.05) is 0 Å². The van der Waals surface area contributed by atoms with Crippen LogP contribution in [0.15, 0.2) is 23.3 Å². The van der Waals surface area contributed by atoms with Crippen molar-refractivity contribution in [3.63, 3.8) is 0 Å². The first-order valence-electron chi connectivity index (χ1n) is 5.50. The summed E-state index contributed by atoms with van der Waals surface area (Å²) in [6.07, 6.45) is 6.63. The second-order valence-corrected chi connectivity index (χ2v) is 3.88. The van der Waals surface area contributed by atoms with Gasteiger partial charge in [-0.2, -0.15) is 0 Å². The number of allylic oxidation sites excluding steroid dienone is 3. The minimum atomic E-state index is -0.140. The monoisotopic (exact) mass is 210 g/mol. The predicted octanol–water partition coefficient (Wildman–Crippen LogP) is 3.63. The van der Waals surface area contributed by atoms with E-state index in [1.807, 2.05) is 13.0 Å². The molecule has 0 N–H and O–H groups in total. The molecule has 0 saturated carbocycles. The molecule has 0 aliphatic carbocycles. The third-order valence-corrected chi connectivity index (χ3v) is 2.01. The normalized spacial score (nSPS) is 11.1.